The number of amides is 1. The molecular formula is C27H30BrNO4. The van der Waals surface area contributed by atoms with E-state index in [1.54, 1.807) is 6.07 Å². The van der Waals surface area contributed by atoms with E-state index in [4.69, 9.17) is 14.2 Å². The fourth-order valence-corrected chi connectivity index (χ4v) is 3.59. The maximum atomic E-state index is 13.1. The van der Waals surface area contributed by atoms with Gasteiger partial charge >= 0.3 is 0 Å². The van der Waals surface area contributed by atoms with Crippen molar-refractivity contribution in [3.8, 4) is 17.2 Å². The van der Waals surface area contributed by atoms with Crippen LogP contribution in [0.3, 0.4) is 0 Å². The molecule has 33 heavy (non-hydrogen) atoms. The Hall–Kier alpha value is -2.99. The van der Waals surface area contributed by atoms with Crippen LogP contribution in [0.1, 0.15) is 43.0 Å². The Morgan fingerprint density at radius 2 is 1.52 bits per heavy atom. The molecule has 174 valence electrons. The molecule has 0 bridgehead atoms. The SMILES string of the molecule is CCCCCCOc1ccc(Br)cc1C(=O)Nc1ccccc1OCCOc1ccccc1. The minimum atomic E-state index is -0.253. The van der Waals surface area contributed by atoms with Gasteiger partial charge < -0.3 is 19.5 Å². The molecule has 0 fully saturated rings. The molecule has 0 atom stereocenters. The van der Waals surface area contributed by atoms with Gasteiger partial charge in [-0.15, -0.1) is 0 Å². The number of benzene rings is 3. The molecule has 0 saturated heterocycles. The van der Waals surface area contributed by atoms with E-state index >= 15 is 0 Å². The van der Waals surface area contributed by atoms with Gasteiger partial charge in [-0.05, 0) is 48.9 Å². The van der Waals surface area contributed by atoms with Gasteiger partial charge in [-0.25, -0.2) is 0 Å². The van der Waals surface area contributed by atoms with E-state index in [-0.39, 0.29) is 5.91 Å². The van der Waals surface area contributed by atoms with Crippen molar-refractivity contribution in [3.63, 3.8) is 0 Å². The van der Waals surface area contributed by atoms with Crippen molar-refractivity contribution in [3.05, 3.63) is 82.8 Å². The summed E-state index contributed by atoms with van der Waals surface area (Å²) in [5.41, 5.74) is 1.07. The molecule has 5 nitrogen and oxygen atoms in total. The minimum absolute atomic E-state index is 0.253. The summed E-state index contributed by atoms with van der Waals surface area (Å²) < 4.78 is 18.3. The van der Waals surface area contributed by atoms with Crippen molar-refractivity contribution in [2.24, 2.45) is 0 Å². The molecule has 0 heterocycles. The molecule has 0 spiro atoms. The van der Waals surface area contributed by atoms with E-state index < -0.39 is 0 Å². The Labute approximate surface area is 204 Å². The molecule has 1 amide bonds. The van der Waals surface area contributed by atoms with Crippen LogP contribution in [0.15, 0.2) is 77.3 Å². The lowest BCUT2D eigenvalue weighted by molar-refractivity contribution is 0.102. The van der Waals surface area contributed by atoms with Crippen molar-refractivity contribution < 1.29 is 19.0 Å². The average Bonchev–Trinajstić information content (AvgIpc) is 2.84. The molecule has 3 aromatic carbocycles. The Balaban J connectivity index is 1.60. The summed E-state index contributed by atoms with van der Waals surface area (Å²) >= 11 is 3.45. The molecule has 1 N–H and O–H groups in total. The second kappa shape index (κ2) is 13.5. The normalized spacial score (nSPS) is 10.5. The van der Waals surface area contributed by atoms with Crippen molar-refractivity contribution in [1.82, 2.24) is 0 Å². The van der Waals surface area contributed by atoms with Crippen LogP contribution in [0.2, 0.25) is 0 Å². The summed E-state index contributed by atoms with van der Waals surface area (Å²) in [6, 6.07) is 22.4. The highest BCUT2D eigenvalue weighted by atomic mass is 79.9. The predicted molar refractivity (Wildman–Crippen MR) is 136 cm³/mol. The highest BCUT2D eigenvalue weighted by Crippen LogP contribution is 2.28. The van der Waals surface area contributed by atoms with Crippen LogP contribution >= 0.6 is 15.9 Å². The first kappa shape index (κ1) is 24.6. The Morgan fingerprint density at radius 3 is 2.33 bits per heavy atom. The third-order valence-corrected chi connectivity index (χ3v) is 5.42. The van der Waals surface area contributed by atoms with Crippen molar-refractivity contribution in [1.29, 1.82) is 0 Å². The number of anilines is 1. The lowest BCUT2D eigenvalue weighted by Crippen LogP contribution is -2.16. The van der Waals surface area contributed by atoms with Crippen LogP contribution in [0.25, 0.3) is 0 Å². The lowest BCUT2D eigenvalue weighted by Gasteiger charge is -2.15. The topological polar surface area (TPSA) is 56.8 Å². The fourth-order valence-electron chi connectivity index (χ4n) is 3.23. The molecule has 0 aliphatic rings. The maximum Gasteiger partial charge on any atom is 0.259 e. The number of halogens is 1. The number of para-hydroxylation sites is 3. The number of hydrogen-bond acceptors (Lipinski definition) is 4. The molecule has 0 aliphatic carbocycles. The number of carbonyl (C=O) groups excluding carboxylic acids is 1. The van der Waals surface area contributed by atoms with Crippen molar-refractivity contribution in [2.45, 2.75) is 32.6 Å². The summed E-state index contributed by atoms with van der Waals surface area (Å²) in [7, 11) is 0. The monoisotopic (exact) mass is 511 g/mol. The maximum absolute atomic E-state index is 13.1. The van der Waals surface area contributed by atoms with Crippen LogP contribution in [-0.2, 0) is 0 Å². The largest absolute Gasteiger partial charge is 0.493 e. The highest BCUT2D eigenvalue weighted by molar-refractivity contribution is 9.10. The van der Waals surface area contributed by atoms with Gasteiger partial charge in [-0.1, -0.05) is 72.4 Å². The van der Waals surface area contributed by atoms with Crippen LogP contribution in [-0.4, -0.2) is 25.7 Å². The third-order valence-electron chi connectivity index (χ3n) is 4.93. The lowest BCUT2D eigenvalue weighted by atomic mass is 10.1. The van der Waals surface area contributed by atoms with Gasteiger partial charge in [0.25, 0.3) is 5.91 Å². The van der Waals surface area contributed by atoms with Gasteiger partial charge in [0.05, 0.1) is 17.9 Å². The number of unbranched alkanes of at least 4 members (excludes halogenated alkanes) is 3. The van der Waals surface area contributed by atoms with Crippen molar-refractivity contribution >= 4 is 27.5 Å². The molecular weight excluding hydrogens is 482 g/mol. The fraction of sp³-hybridized carbons (Fsp3) is 0.296. The molecule has 6 heteroatoms. The van der Waals surface area contributed by atoms with E-state index in [1.807, 2.05) is 66.7 Å². The first-order valence-corrected chi connectivity index (χ1v) is 12.1. The smallest absolute Gasteiger partial charge is 0.259 e. The van der Waals surface area contributed by atoms with Gasteiger partial charge in [0.2, 0.25) is 0 Å². The predicted octanol–water partition coefficient (Wildman–Crippen LogP) is 7.12. The van der Waals surface area contributed by atoms with Crippen LogP contribution in [0.4, 0.5) is 5.69 Å². The van der Waals surface area contributed by atoms with Crippen LogP contribution in [0, 0.1) is 0 Å². The summed E-state index contributed by atoms with van der Waals surface area (Å²) in [5, 5.41) is 2.96. The second-order valence-electron chi connectivity index (χ2n) is 7.51. The third kappa shape index (κ3) is 8.13. The second-order valence-corrected chi connectivity index (χ2v) is 8.43. The summed E-state index contributed by atoms with van der Waals surface area (Å²) in [6.07, 6.45) is 4.44. The zero-order valence-corrected chi connectivity index (χ0v) is 20.5. The quantitative estimate of drug-likeness (QED) is 0.248. The summed E-state index contributed by atoms with van der Waals surface area (Å²) in [5.74, 6) is 1.69. The van der Waals surface area contributed by atoms with E-state index in [2.05, 4.69) is 28.2 Å². The number of rotatable bonds is 13. The first-order chi connectivity index (χ1) is 16.2. The van der Waals surface area contributed by atoms with Gasteiger partial charge in [0.15, 0.2) is 0 Å². The average molecular weight is 512 g/mol. The number of ether oxygens (including phenoxy) is 3. The summed E-state index contributed by atoms with van der Waals surface area (Å²) in [4.78, 5) is 13.1. The Morgan fingerprint density at radius 1 is 0.788 bits per heavy atom. The zero-order chi connectivity index (χ0) is 23.3. The Kier molecular flexibility index (Phi) is 10.1. The highest BCUT2D eigenvalue weighted by Gasteiger charge is 2.16. The molecule has 0 aromatic heterocycles. The van der Waals surface area contributed by atoms with Gasteiger partial charge in [0, 0.05) is 4.47 Å². The minimum Gasteiger partial charge on any atom is -0.493 e. The molecule has 0 aliphatic heterocycles. The van der Waals surface area contributed by atoms with Crippen molar-refractivity contribution in [2.75, 3.05) is 25.1 Å². The van der Waals surface area contributed by atoms with Gasteiger partial charge in [-0.3, -0.25) is 4.79 Å². The molecule has 3 rings (SSSR count). The van der Waals surface area contributed by atoms with Crippen LogP contribution in [0.5, 0.6) is 17.2 Å². The molecule has 3 aromatic rings. The number of carbonyl (C=O) groups is 1. The van der Waals surface area contributed by atoms with Gasteiger partial charge in [-0.2, -0.15) is 0 Å². The van der Waals surface area contributed by atoms with Gasteiger partial charge in [0.1, 0.15) is 30.5 Å². The van der Waals surface area contributed by atoms with E-state index in [0.717, 1.165) is 23.1 Å². The molecule has 0 unspecified atom stereocenters. The molecule has 0 radical (unpaired) electrons. The van der Waals surface area contributed by atoms with E-state index in [9.17, 15) is 4.79 Å². The van der Waals surface area contributed by atoms with E-state index in [1.165, 1.54) is 12.8 Å². The van der Waals surface area contributed by atoms with Crippen LogP contribution < -0.4 is 19.5 Å². The number of hydrogen-bond donors (Lipinski definition) is 1. The standard InChI is InChI=1S/C27H30BrNO4/c1-2-3-4-10-17-32-25-16-15-21(28)20-23(25)27(30)29-24-13-8-9-14-26(24)33-19-18-31-22-11-6-5-7-12-22/h5-9,11-16,20H,2-4,10,17-19H2,1H3,(H,29,30). The number of nitrogens with one attached hydrogen (secondary N) is 1. The zero-order valence-electron chi connectivity index (χ0n) is 18.9. The molecule has 0 saturated carbocycles. The Bertz CT molecular complexity index is 1010. The van der Waals surface area contributed by atoms with E-state index in [0.29, 0.717) is 42.6 Å². The summed E-state index contributed by atoms with van der Waals surface area (Å²) in [6.45, 7) is 3.51. The first-order valence-electron chi connectivity index (χ1n) is 11.3.